The summed E-state index contributed by atoms with van der Waals surface area (Å²) in [6.07, 6.45) is 24.4. The van der Waals surface area contributed by atoms with Gasteiger partial charge < -0.3 is 10.4 Å². The molecule has 4 nitrogen and oxygen atoms in total. The summed E-state index contributed by atoms with van der Waals surface area (Å²) in [5, 5.41) is 11.8. The molecule has 1 atom stereocenters. The zero-order valence-electron chi connectivity index (χ0n) is 20.1. The molecule has 4 heteroatoms. The van der Waals surface area contributed by atoms with Gasteiger partial charge in [-0.05, 0) is 44.4 Å². The molecule has 0 aliphatic carbocycles. The van der Waals surface area contributed by atoms with Crippen LogP contribution in [-0.4, -0.2) is 23.0 Å². The summed E-state index contributed by atoms with van der Waals surface area (Å²) >= 11 is 0. The van der Waals surface area contributed by atoms with Crippen LogP contribution in [0.2, 0.25) is 0 Å². The summed E-state index contributed by atoms with van der Waals surface area (Å²) in [6.45, 7) is 6.20. The van der Waals surface area contributed by atoms with Crippen molar-refractivity contribution >= 4 is 11.9 Å². The molecule has 0 saturated carbocycles. The first-order valence-electron chi connectivity index (χ1n) is 12.6. The van der Waals surface area contributed by atoms with E-state index in [1.807, 2.05) is 13.8 Å². The van der Waals surface area contributed by atoms with Gasteiger partial charge in [0.2, 0.25) is 5.91 Å². The van der Waals surface area contributed by atoms with Crippen molar-refractivity contribution in [3.63, 3.8) is 0 Å². The van der Waals surface area contributed by atoms with Gasteiger partial charge in [-0.1, -0.05) is 97.1 Å². The van der Waals surface area contributed by atoms with Crippen LogP contribution in [0, 0.1) is 5.92 Å². The lowest BCUT2D eigenvalue weighted by molar-refractivity contribution is -0.142. The molecule has 0 unspecified atom stereocenters. The van der Waals surface area contributed by atoms with Crippen LogP contribution in [0.1, 0.15) is 130 Å². The van der Waals surface area contributed by atoms with E-state index in [9.17, 15) is 14.7 Å². The number of hydrogen-bond acceptors (Lipinski definition) is 2. The number of hydrogen-bond donors (Lipinski definition) is 2. The lowest BCUT2D eigenvalue weighted by Gasteiger charge is -2.16. The third kappa shape index (κ3) is 20.0. The van der Waals surface area contributed by atoms with Crippen molar-refractivity contribution < 1.29 is 14.7 Å². The molecular weight excluding hydrogens is 374 g/mol. The molecule has 0 spiro atoms. The number of allylic oxidation sites excluding steroid dienone is 2. The quantitative estimate of drug-likeness (QED) is 0.149. The molecular formula is C26H49NO3. The maximum Gasteiger partial charge on any atom is 0.326 e. The number of carbonyl (C=O) groups is 2. The standard InChI is InChI=1S/C26H49NO3/c1-4-5-6-7-8-9-10-11-12-13-14-15-16-17-18-19-20-21-25(28)27-24(26(29)30)22-23(2)3/h11-12,23-24H,4-10,13-22H2,1-3H3,(H,27,28)(H,29,30)/b12-11-/t24-/m0/s1. The summed E-state index contributed by atoms with van der Waals surface area (Å²) < 4.78 is 0. The molecule has 0 bridgehead atoms. The van der Waals surface area contributed by atoms with Crippen LogP contribution in [0.25, 0.3) is 0 Å². The summed E-state index contributed by atoms with van der Waals surface area (Å²) in [5.74, 6) is -0.813. The van der Waals surface area contributed by atoms with E-state index >= 15 is 0 Å². The van der Waals surface area contributed by atoms with Crippen LogP contribution in [0.3, 0.4) is 0 Å². The minimum absolute atomic E-state index is 0.129. The Morgan fingerprint density at radius 1 is 0.767 bits per heavy atom. The molecule has 0 aromatic carbocycles. The SMILES string of the molecule is CCCCCCCC/C=C\CCCCCCCCCC(=O)N[C@@H](CC(C)C)C(=O)O. The maximum absolute atomic E-state index is 11.9. The topological polar surface area (TPSA) is 66.4 Å². The second kappa shape index (κ2) is 20.9. The smallest absolute Gasteiger partial charge is 0.326 e. The first-order chi connectivity index (χ1) is 14.5. The van der Waals surface area contributed by atoms with E-state index < -0.39 is 12.0 Å². The first kappa shape index (κ1) is 28.7. The average Bonchev–Trinajstić information content (AvgIpc) is 2.69. The fourth-order valence-corrected chi connectivity index (χ4v) is 3.67. The van der Waals surface area contributed by atoms with Gasteiger partial charge in [-0.2, -0.15) is 0 Å². The van der Waals surface area contributed by atoms with E-state index in [2.05, 4.69) is 24.4 Å². The highest BCUT2D eigenvalue weighted by atomic mass is 16.4. The van der Waals surface area contributed by atoms with Crippen molar-refractivity contribution in [3.05, 3.63) is 12.2 Å². The van der Waals surface area contributed by atoms with Crippen LogP contribution in [0.4, 0.5) is 0 Å². The predicted octanol–water partition coefficient (Wildman–Crippen LogP) is 7.42. The summed E-state index contributed by atoms with van der Waals surface area (Å²) in [4.78, 5) is 23.1. The lowest BCUT2D eigenvalue weighted by atomic mass is 10.0. The van der Waals surface area contributed by atoms with Gasteiger partial charge in [0, 0.05) is 6.42 Å². The fourth-order valence-electron chi connectivity index (χ4n) is 3.67. The van der Waals surface area contributed by atoms with Gasteiger partial charge in [0.15, 0.2) is 0 Å². The highest BCUT2D eigenvalue weighted by molar-refractivity contribution is 5.83. The van der Waals surface area contributed by atoms with Gasteiger partial charge in [-0.3, -0.25) is 4.79 Å². The van der Waals surface area contributed by atoms with Crippen LogP contribution in [0.5, 0.6) is 0 Å². The van der Waals surface area contributed by atoms with Crippen molar-refractivity contribution in [1.29, 1.82) is 0 Å². The predicted molar refractivity (Wildman–Crippen MR) is 128 cm³/mol. The van der Waals surface area contributed by atoms with E-state index in [0.717, 1.165) is 19.3 Å². The molecule has 2 N–H and O–H groups in total. The van der Waals surface area contributed by atoms with Crippen molar-refractivity contribution in [1.82, 2.24) is 5.32 Å². The van der Waals surface area contributed by atoms with Gasteiger partial charge in [0.25, 0.3) is 0 Å². The number of nitrogens with one attached hydrogen (secondary N) is 1. The van der Waals surface area contributed by atoms with Crippen LogP contribution >= 0.6 is 0 Å². The minimum Gasteiger partial charge on any atom is -0.480 e. The average molecular weight is 424 g/mol. The monoisotopic (exact) mass is 423 g/mol. The van der Waals surface area contributed by atoms with E-state index in [0.29, 0.717) is 12.8 Å². The van der Waals surface area contributed by atoms with Crippen molar-refractivity contribution in [2.24, 2.45) is 5.92 Å². The Labute approximate surface area is 186 Å². The van der Waals surface area contributed by atoms with Gasteiger partial charge in [0.05, 0.1) is 0 Å². The van der Waals surface area contributed by atoms with E-state index in [4.69, 9.17) is 0 Å². The van der Waals surface area contributed by atoms with Crippen LogP contribution in [-0.2, 0) is 9.59 Å². The molecule has 0 radical (unpaired) electrons. The maximum atomic E-state index is 11.9. The second-order valence-electron chi connectivity index (χ2n) is 9.13. The van der Waals surface area contributed by atoms with Gasteiger partial charge in [-0.15, -0.1) is 0 Å². The Balaban J connectivity index is 3.44. The lowest BCUT2D eigenvalue weighted by Crippen LogP contribution is -2.41. The molecule has 0 rings (SSSR count). The van der Waals surface area contributed by atoms with E-state index in [1.165, 1.54) is 77.0 Å². The Morgan fingerprint density at radius 2 is 1.23 bits per heavy atom. The fraction of sp³-hybridized carbons (Fsp3) is 0.846. The number of aliphatic carboxylic acids is 1. The highest BCUT2D eigenvalue weighted by Gasteiger charge is 2.20. The third-order valence-electron chi connectivity index (χ3n) is 5.51. The third-order valence-corrected chi connectivity index (χ3v) is 5.51. The van der Waals surface area contributed by atoms with Crippen molar-refractivity contribution in [2.75, 3.05) is 0 Å². The number of rotatable bonds is 21. The van der Waals surface area contributed by atoms with Gasteiger partial charge in [0.1, 0.15) is 6.04 Å². The molecule has 0 aromatic heterocycles. The second-order valence-corrected chi connectivity index (χ2v) is 9.13. The van der Waals surface area contributed by atoms with E-state index in [-0.39, 0.29) is 11.8 Å². The highest BCUT2D eigenvalue weighted by Crippen LogP contribution is 2.12. The van der Waals surface area contributed by atoms with E-state index in [1.54, 1.807) is 0 Å². The molecule has 0 saturated heterocycles. The number of carbonyl (C=O) groups excluding carboxylic acids is 1. The molecule has 0 fully saturated rings. The molecule has 176 valence electrons. The van der Waals surface area contributed by atoms with Crippen LogP contribution in [0.15, 0.2) is 12.2 Å². The summed E-state index contributed by atoms with van der Waals surface area (Å²) in [5.41, 5.74) is 0. The summed E-state index contributed by atoms with van der Waals surface area (Å²) in [7, 11) is 0. The zero-order valence-corrected chi connectivity index (χ0v) is 20.1. The number of unbranched alkanes of at least 4 members (excludes halogenated alkanes) is 13. The zero-order chi connectivity index (χ0) is 22.5. The minimum atomic E-state index is -0.936. The largest absolute Gasteiger partial charge is 0.480 e. The van der Waals surface area contributed by atoms with Crippen LogP contribution < -0.4 is 5.32 Å². The molecule has 0 aliphatic heterocycles. The normalized spacial score (nSPS) is 12.5. The van der Waals surface area contributed by atoms with Crippen molar-refractivity contribution in [3.8, 4) is 0 Å². The molecule has 0 aliphatic rings. The van der Waals surface area contributed by atoms with Gasteiger partial charge >= 0.3 is 5.97 Å². The summed E-state index contributed by atoms with van der Waals surface area (Å²) in [6, 6.07) is -0.752. The Bertz CT molecular complexity index is 446. The molecule has 1 amide bonds. The molecule has 0 heterocycles. The number of amides is 1. The molecule has 0 aromatic rings. The Hall–Kier alpha value is -1.32. The number of carboxylic acids is 1. The Morgan fingerprint density at radius 3 is 1.70 bits per heavy atom. The van der Waals surface area contributed by atoms with Crippen molar-refractivity contribution in [2.45, 2.75) is 136 Å². The Kier molecular flexibility index (Phi) is 20.0. The number of carboxylic acid groups (broad SMARTS) is 1. The first-order valence-corrected chi connectivity index (χ1v) is 12.6. The molecule has 30 heavy (non-hydrogen) atoms. The van der Waals surface area contributed by atoms with Gasteiger partial charge in [-0.25, -0.2) is 4.79 Å².